The van der Waals surface area contributed by atoms with Gasteiger partial charge in [-0.2, -0.15) is 0 Å². The van der Waals surface area contributed by atoms with E-state index in [1.54, 1.807) is 48.9 Å². The molecule has 0 saturated carbocycles. The number of benzene rings is 1. The number of piperidine rings is 1. The van der Waals surface area contributed by atoms with Crippen LogP contribution in [0, 0.1) is 0 Å². The fourth-order valence-corrected chi connectivity index (χ4v) is 3.29. The molecule has 3 heterocycles. The van der Waals surface area contributed by atoms with E-state index in [1.807, 2.05) is 23.1 Å². The lowest BCUT2D eigenvalue weighted by Gasteiger charge is -2.32. The number of likely N-dealkylation sites (tertiary alicyclic amines) is 1. The molecule has 0 aliphatic carbocycles. The molecule has 1 fully saturated rings. The van der Waals surface area contributed by atoms with Crippen molar-refractivity contribution in [2.24, 2.45) is 0 Å². The van der Waals surface area contributed by atoms with E-state index >= 15 is 0 Å². The zero-order valence-electron chi connectivity index (χ0n) is 15.4. The third-order valence-corrected chi connectivity index (χ3v) is 4.84. The number of rotatable bonds is 4. The summed E-state index contributed by atoms with van der Waals surface area (Å²) in [6, 6.07) is 14.2. The summed E-state index contributed by atoms with van der Waals surface area (Å²) in [5.74, 6) is 0.970. The van der Waals surface area contributed by atoms with Crippen molar-refractivity contribution in [3.63, 3.8) is 0 Å². The standard InChI is InChI=1S/C22H21N3O3/c26-18-6-3-16(4-7-18)21-8-5-17(14-24-21)22(27)25-12-9-19(10-13-25)28-20-2-1-11-23-15-20/h1-8,11,14-15,19,26H,9-10,12-13H2. The SMILES string of the molecule is O=C(c1ccc(-c2ccc(O)cc2)nc1)N1CCC(Oc2cccnc2)CC1. The Balaban J connectivity index is 1.35. The molecule has 0 spiro atoms. The largest absolute Gasteiger partial charge is 0.508 e. The monoisotopic (exact) mass is 375 g/mol. The van der Waals surface area contributed by atoms with Gasteiger partial charge < -0.3 is 14.7 Å². The van der Waals surface area contributed by atoms with Crippen LogP contribution in [0.2, 0.25) is 0 Å². The molecule has 1 saturated heterocycles. The lowest BCUT2D eigenvalue weighted by molar-refractivity contribution is 0.0594. The summed E-state index contributed by atoms with van der Waals surface area (Å²) in [5, 5.41) is 9.38. The van der Waals surface area contributed by atoms with Gasteiger partial charge in [0.25, 0.3) is 5.91 Å². The number of pyridine rings is 2. The Hall–Kier alpha value is -3.41. The molecule has 4 rings (SSSR count). The number of carbonyl (C=O) groups excluding carboxylic acids is 1. The summed E-state index contributed by atoms with van der Waals surface area (Å²) in [5.41, 5.74) is 2.24. The number of aromatic hydroxyl groups is 1. The van der Waals surface area contributed by atoms with Crippen LogP contribution in [0.5, 0.6) is 11.5 Å². The van der Waals surface area contributed by atoms with Crippen LogP contribution >= 0.6 is 0 Å². The molecule has 2 aromatic heterocycles. The van der Waals surface area contributed by atoms with Gasteiger partial charge in [0.2, 0.25) is 0 Å². The molecule has 6 nitrogen and oxygen atoms in total. The van der Waals surface area contributed by atoms with Gasteiger partial charge in [0.05, 0.1) is 17.5 Å². The summed E-state index contributed by atoms with van der Waals surface area (Å²) in [4.78, 5) is 23.1. The Morgan fingerprint density at radius 1 is 1.04 bits per heavy atom. The van der Waals surface area contributed by atoms with E-state index in [1.165, 1.54) is 0 Å². The second-order valence-corrected chi connectivity index (χ2v) is 6.78. The Morgan fingerprint density at radius 3 is 2.46 bits per heavy atom. The van der Waals surface area contributed by atoms with E-state index in [2.05, 4.69) is 9.97 Å². The van der Waals surface area contributed by atoms with Crippen LogP contribution in [-0.2, 0) is 0 Å². The van der Waals surface area contributed by atoms with Crippen LogP contribution in [0.1, 0.15) is 23.2 Å². The first-order valence-corrected chi connectivity index (χ1v) is 9.30. The van der Waals surface area contributed by atoms with Crippen molar-refractivity contribution in [3.05, 3.63) is 72.7 Å². The summed E-state index contributed by atoms with van der Waals surface area (Å²) in [7, 11) is 0. The lowest BCUT2D eigenvalue weighted by atomic mass is 10.1. The van der Waals surface area contributed by atoms with Crippen molar-refractivity contribution in [1.82, 2.24) is 14.9 Å². The number of hydrogen-bond donors (Lipinski definition) is 1. The maximum atomic E-state index is 12.8. The molecular formula is C22H21N3O3. The molecular weight excluding hydrogens is 354 g/mol. The summed E-state index contributed by atoms with van der Waals surface area (Å²) in [6.45, 7) is 1.31. The number of phenolic OH excluding ortho intramolecular Hbond substituents is 1. The van der Waals surface area contributed by atoms with E-state index in [0.717, 1.165) is 29.8 Å². The number of ether oxygens (including phenoxy) is 1. The zero-order chi connectivity index (χ0) is 19.3. The predicted molar refractivity (Wildman–Crippen MR) is 105 cm³/mol. The Morgan fingerprint density at radius 2 is 1.82 bits per heavy atom. The third-order valence-electron chi connectivity index (χ3n) is 4.84. The highest BCUT2D eigenvalue weighted by Crippen LogP contribution is 2.22. The van der Waals surface area contributed by atoms with Crippen molar-refractivity contribution < 1.29 is 14.6 Å². The van der Waals surface area contributed by atoms with Gasteiger partial charge in [0, 0.05) is 43.9 Å². The molecule has 1 amide bonds. The maximum absolute atomic E-state index is 12.8. The first-order chi connectivity index (χ1) is 13.7. The average molecular weight is 375 g/mol. The van der Waals surface area contributed by atoms with Crippen LogP contribution in [-0.4, -0.2) is 45.1 Å². The maximum Gasteiger partial charge on any atom is 0.255 e. The molecule has 3 aromatic rings. The normalized spacial score (nSPS) is 14.6. The highest BCUT2D eigenvalue weighted by Gasteiger charge is 2.25. The number of amides is 1. The zero-order valence-corrected chi connectivity index (χ0v) is 15.4. The lowest BCUT2D eigenvalue weighted by Crippen LogP contribution is -2.41. The van der Waals surface area contributed by atoms with Crippen LogP contribution in [0.4, 0.5) is 0 Å². The van der Waals surface area contributed by atoms with Gasteiger partial charge >= 0.3 is 0 Å². The molecule has 1 aliphatic rings. The van der Waals surface area contributed by atoms with Crippen LogP contribution in [0.25, 0.3) is 11.3 Å². The molecule has 0 atom stereocenters. The van der Waals surface area contributed by atoms with E-state index in [0.29, 0.717) is 18.7 Å². The highest BCUT2D eigenvalue weighted by atomic mass is 16.5. The van der Waals surface area contributed by atoms with E-state index in [4.69, 9.17) is 4.74 Å². The molecule has 142 valence electrons. The fourth-order valence-electron chi connectivity index (χ4n) is 3.29. The molecule has 28 heavy (non-hydrogen) atoms. The smallest absolute Gasteiger partial charge is 0.255 e. The van der Waals surface area contributed by atoms with Gasteiger partial charge in [-0.1, -0.05) is 0 Å². The van der Waals surface area contributed by atoms with Crippen molar-refractivity contribution >= 4 is 5.91 Å². The summed E-state index contributed by atoms with van der Waals surface area (Å²) in [6.07, 6.45) is 6.72. The van der Waals surface area contributed by atoms with Crippen LogP contribution < -0.4 is 4.74 Å². The molecule has 1 aromatic carbocycles. The molecule has 1 N–H and O–H groups in total. The van der Waals surface area contributed by atoms with Gasteiger partial charge in [-0.05, 0) is 48.5 Å². The first kappa shape index (κ1) is 18.0. The minimum absolute atomic E-state index is 0.00964. The summed E-state index contributed by atoms with van der Waals surface area (Å²) < 4.78 is 5.93. The predicted octanol–water partition coefficient (Wildman–Crippen LogP) is 3.53. The number of nitrogens with zero attached hydrogens (tertiary/aromatic N) is 3. The van der Waals surface area contributed by atoms with Crippen LogP contribution in [0.3, 0.4) is 0 Å². The second-order valence-electron chi connectivity index (χ2n) is 6.78. The van der Waals surface area contributed by atoms with Crippen molar-refractivity contribution in [2.45, 2.75) is 18.9 Å². The quantitative estimate of drug-likeness (QED) is 0.755. The fraction of sp³-hybridized carbons (Fsp3) is 0.227. The number of phenols is 1. The Labute approximate surface area is 163 Å². The van der Waals surface area contributed by atoms with Crippen LogP contribution in [0.15, 0.2) is 67.1 Å². The van der Waals surface area contributed by atoms with Crippen molar-refractivity contribution in [2.75, 3.05) is 13.1 Å². The molecule has 0 radical (unpaired) electrons. The van der Waals surface area contributed by atoms with Gasteiger partial charge in [-0.25, -0.2) is 0 Å². The Bertz CT molecular complexity index is 920. The van der Waals surface area contributed by atoms with Crippen molar-refractivity contribution in [3.8, 4) is 22.8 Å². The van der Waals surface area contributed by atoms with Gasteiger partial charge in [-0.3, -0.25) is 14.8 Å². The topological polar surface area (TPSA) is 75.5 Å². The first-order valence-electron chi connectivity index (χ1n) is 9.30. The molecule has 1 aliphatic heterocycles. The van der Waals surface area contributed by atoms with Gasteiger partial charge in [0.1, 0.15) is 17.6 Å². The third kappa shape index (κ3) is 4.11. The molecule has 6 heteroatoms. The summed E-state index contributed by atoms with van der Waals surface area (Å²) >= 11 is 0. The van der Waals surface area contributed by atoms with Gasteiger partial charge in [-0.15, -0.1) is 0 Å². The minimum Gasteiger partial charge on any atom is -0.508 e. The highest BCUT2D eigenvalue weighted by molar-refractivity contribution is 5.94. The van der Waals surface area contributed by atoms with E-state index < -0.39 is 0 Å². The minimum atomic E-state index is -0.00964. The van der Waals surface area contributed by atoms with E-state index in [9.17, 15) is 9.90 Å². The number of aromatic nitrogens is 2. The number of hydrogen-bond acceptors (Lipinski definition) is 5. The Kier molecular flexibility index (Phi) is 5.19. The van der Waals surface area contributed by atoms with E-state index in [-0.39, 0.29) is 17.8 Å². The van der Waals surface area contributed by atoms with Crippen molar-refractivity contribution in [1.29, 1.82) is 0 Å². The average Bonchev–Trinajstić information content (AvgIpc) is 2.75. The molecule has 0 unspecified atom stereocenters. The molecule has 0 bridgehead atoms. The second kappa shape index (κ2) is 8.08. The number of carbonyl (C=O) groups is 1. The van der Waals surface area contributed by atoms with Gasteiger partial charge in [0.15, 0.2) is 0 Å².